The molecule has 0 heterocycles. The van der Waals surface area contributed by atoms with Crippen LogP contribution in [0.1, 0.15) is 61.0 Å². The Bertz CT molecular complexity index is 929. The summed E-state index contributed by atoms with van der Waals surface area (Å²) < 4.78 is 0. The predicted molar refractivity (Wildman–Crippen MR) is 133 cm³/mol. The molecule has 0 bridgehead atoms. The summed E-state index contributed by atoms with van der Waals surface area (Å²) in [6.45, 7) is 18.0. The molecule has 3 nitrogen and oxygen atoms in total. The Kier molecular flexibility index (Phi) is 6.43. The van der Waals surface area contributed by atoms with Crippen LogP contribution in [0.15, 0.2) is 59.7 Å². The van der Waals surface area contributed by atoms with Gasteiger partial charge in [0.15, 0.2) is 5.78 Å². The Hall–Kier alpha value is -2.42. The van der Waals surface area contributed by atoms with Crippen LogP contribution in [0.3, 0.4) is 0 Å². The van der Waals surface area contributed by atoms with Gasteiger partial charge < -0.3 is 4.90 Å². The Morgan fingerprint density at radius 3 is 1.88 bits per heavy atom. The molecule has 1 amide bonds. The maximum absolute atomic E-state index is 13.6. The van der Waals surface area contributed by atoms with E-state index in [1.807, 2.05) is 36.9 Å². The summed E-state index contributed by atoms with van der Waals surface area (Å²) in [6, 6.07) is 10.2. The van der Waals surface area contributed by atoms with Crippen molar-refractivity contribution in [3.63, 3.8) is 0 Å². The zero-order valence-corrected chi connectivity index (χ0v) is 21.0. The number of Topliss-reactive ketones (excluding diaryl/α,β-unsaturated/α-hetero) is 1. The van der Waals surface area contributed by atoms with E-state index in [1.54, 1.807) is 0 Å². The van der Waals surface area contributed by atoms with Crippen molar-refractivity contribution >= 4 is 17.8 Å². The number of amides is 1. The molecule has 0 N–H and O–H groups in total. The van der Waals surface area contributed by atoms with Crippen molar-refractivity contribution in [1.82, 2.24) is 4.90 Å². The van der Waals surface area contributed by atoms with Crippen LogP contribution in [0, 0.1) is 28.1 Å². The van der Waals surface area contributed by atoms with Crippen molar-refractivity contribution in [3.05, 3.63) is 65.3 Å². The number of hydrogen-bond acceptors (Lipinski definition) is 2. The zero-order valence-electron chi connectivity index (χ0n) is 21.0. The van der Waals surface area contributed by atoms with E-state index in [9.17, 15) is 9.59 Å². The maximum atomic E-state index is 13.6. The van der Waals surface area contributed by atoms with Gasteiger partial charge in [-0.05, 0) is 30.2 Å². The fourth-order valence-electron chi connectivity index (χ4n) is 4.92. The van der Waals surface area contributed by atoms with Gasteiger partial charge in [-0.2, -0.15) is 0 Å². The molecular weight excluding hydrogens is 394 g/mol. The highest BCUT2D eigenvalue weighted by molar-refractivity contribution is 6.11. The van der Waals surface area contributed by atoms with E-state index >= 15 is 0 Å². The molecule has 0 saturated heterocycles. The van der Waals surface area contributed by atoms with Crippen molar-refractivity contribution in [2.45, 2.75) is 55.4 Å². The Morgan fingerprint density at radius 1 is 0.938 bits per heavy atom. The molecule has 1 spiro atoms. The summed E-state index contributed by atoms with van der Waals surface area (Å²) in [5, 5.41) is 0. The van der Waals surface area contributed by atoms with Gasteiger partial charge in [-0.3, -0.25) is 9.59 Å². The van der Waals surface area contributed by atoms with Crippen molar-refractivity contribution in [3.8, 4) is 0 Å². The average molecular weight is 434 g/mol. The van der Waals surface area contributed by atoms with Crippen LogP contribution in [0.25, 0.3) is 6.08 Å². The van der Waals surface area contributed by atoms with Gasteiger partial charge in [-0.25, -0.2) is 0 Å². The molecule has 1 fully saturated rings. The van der Waals surface area contributed by atoms with Gasteiger partial charge in [-0.1, -0.05) is 96.2 Å². The average Bonchev–Trinajstić information content (AvgIpc) is 3.33. The Morgan fingerprint density at radius 2 is 1.44 bits per heavy atom. The monoisotopic (exact) mass is 433 g/mol. The summed E-state index contributed by atoms with van der Waals surface area (Å²) in [5.41, 5.74) is 1.78. The SMILES string of the molecule is CCN(CC)C(=O)[C@H]1[C@H](/C=C/c2ccccc2)C12C=C(C(C)(C)C)C(=O)C(C(C)(C)C)=C2. The number of allylic oxidation sites excluding steroid dienone is 5. The summed E-state index contributed by atoms with van der Waals surface area (Å²) in [6.07, 6.45) is 8.57. The number of benzene rings is 1. The molecule has 2 aliphatic carbocycles. The lowest BCUT2D eigenvalue weighted by Crippen LogP contribution is -2.35. The van der Waals surface area contributed by atoms with Gasteiger partial charge in [0.2, 0.25) is 5.91 Å². The summed E-state index contributed by atoms with van der Waals surface area (Å²) in [5.74, 6) is 0.173. The first-order chi connectivity index (χ1) is 14.9. The maximum Gasteiger partial charge on any atom is 0.227 e. The minimum atomic E-state index is -0.440. The van der Waals surface area contributed by atoms with Crippen LogP contribution in [-0.2, 0) is 9.59 Å². The quantitative estimate of drug-likeness (QED) is 0.544. The van der Waals surface area contributed by atoms with E-state index in [1.165, 1.54) is 0 Å². The lowest BCUT2D eigenvalue weighted by molar-refractivity contribution is -0.133. The highest BCUT2D eigenvalue weighted by Gasteiger charge is 2.66. The van der Waals surface area contributed by atoms with Crippen LogP contribution in [0.4, 0.5) is 0 Å². The highest BCUT2D eigenvalue weighted by atomic mass is 16.2. The third-order valence-electron chi connectivity index (χ3n) is 6.90. The second-order valence-electron chi connectivity index (χ2n) is 11.2. The van der Waals surface area contributed by atoms with Gasteiger partial charge in [0.25, 0.3) is 0 Å². The molecular formula is C29H39NO2. The van der Waals surface area contributed by atoms with Crippen LogP contribution >= 0.6 is 0 Å². The van der Waals surface area contributed by atoms with Crippen LogP contribution < -0.4 is 0 Å². The van der Waals surface area contributed by atoms with E-state index in [0.717, 1.165) is 16.7 Å². The van der Waals surface area contributed by atoms with E-state index in [0.29, 0.717) is 13.1 Å². The zero-order chi connectivity index (χ0) is 23.9. The first-order valence-electron chi connectivity index (χ1n) is 11.9. The van der Waals surface area contributed by atoms with Gasteiger partial charge in [0, 0.05) is 35.6 Å². The van der Waals surface area contributed by atoms with Crippen LogP contribution in [0.5, 0.6) is 0 Å². The number of rotatable bonds is 5. The Labute approximate surface area is 194 Å². The molecule has 1 saturated carbocycles. The molecule has 0 radical (unpaired) electrons. The molecule has 0 aliphatic heterocycles. The number of ketones is 1. The lowest BCUT2D eigenvalue weighted by Gasteiger charge is -2.34. The fraction of sp³-hybridized carbons (Fsp3) is 0.517. The lowest BCUT2D eigenvalue weighted by atomic mass is 9.69. The molecule has 1 aromatic rings. The van der Waals surface area contributed by atoms with Crippen molar-refractivity contribution in [2.75, 3.05) is 13.1 Å². The first-order valence-corrected chi connectivity index (χ1v) is 11.9. The van der Waals surface area contributed by atoms with Crippen molar-refractivity contribution < 1.29 is 9.59 Å². The van der Waals surface area contributed by atoms with E-state index < -0.39 is 5.41 Å². The number of carbonyl (C=O) groups excluding carboxylic acids is 2. The topological polar surface area (TPSA) is 37.4 Å². The second kappa shape index (κ2) is 8.50. The molecule has 0 aromatic heterocycles. The van der Waals surface area contributed by atoms with E-state index in [2.05, 4.69) is 78.0 Å². The highest BCUT2D eigenvalue weighted by Crippen LogP contribution is 2.66. The van der Waals surface area contributed by atoms with Crippen molar-refractivity contribution in [1.29, 1.82) is 0 Å². The molecule has 0 unspecified atom stereocenters. The Balaban J connectivity index is 2.15. The fourth-order valence-corrected chi connectivity index (χ4v) is 4.92. The van der Waals surface area contributed by atoms with E-state index in [4.69, 9.17) is 0 Å². The molecule has 2 atom stereocenters. The first kappa shape index (κ1) is 24.2. The van der Waals surface area contributed by atoms with Gasteiger partial charge >= 0.3 is 0 Å². The van der Waals surface area contributed by atoms with Gasteiger partial charge in [-0.15, -0.1) is 0 Å². The summed E-state index contributed by atoms with van der Waals surface area (Å²) >= 11 is 0. The molecule has 3 heteroatoms. The predicted octanol–water partition coefficient (Wildman–Crippen LogP) is 6.33. The van der Waals surface area contributed by atoms with Crippen LogP contribution in [0.2, 0.25) is 0 Å². The molecule has 32 heavy (non-hydrogen) atoms. The number of nitrogens with zero attached hydrogens (tertiary/aromatic N) is 1. The van der Waals surface area contributed by atoms with Crippen molar-refractivity contribution in [2.24, 2.45) is 28.1 Å². The molecule has 172 valence electrons. The largest absolute Gasteiger partial charge is 0.343 e. The third-order valence-corrected chi connectivity index (χ3v) is 6.90. The molecule has 2 aliphatic rings. The summed E-state index contributed by atoms with van der Waals surface area (Å²) in [7, 11) is 0. The minimum Gasteiger partial charge on any atom is -0.343 e. The van der Waals surface area contributed by atoms with Gasteiger partial charge in [0.1, 0.15) is 0 Å². The van der Waals surface area contributed by atoms with Crippen LogP contribution in [-0.4, -0.2) is 29.7 Å². The summed E-state index contributed by atoms with van der Waals surface area (Å²) in [4.78, 5) is 29.0. The second-order valence-corrected chi connectivity index (χ2v) is 11.2. The van der Waals surface area contributed by atoms with Gasteiger partial charge in [0.05, 0.1) is 5.92 Å². The minimum absolute atomic E-state index is 0.0404. The standard InChI is InChI=1S/C29H39NO2/c1-9-30(10-2)26(32)24-21(17-16-20-14-12-11-13-15-20)29(24)18-22(27(3,4)5)25(31)23(19-29)28(6,7)8/h11-19,21,24H,9-10H2,1-8H3/b17-16+/t21-,24+/m0/s1. The number of carbonyl (C=O) groups is 2. The smallest absolute Gasteiger partial charge is 0.227 e. The molecule has 3 rings (SSSR count). The normalized spacial score (nSPS) is 22.7. The van der Waals surface area contributed by atoms with E-state index in [-0.39, 0.29) is 34.4 Å². The molecule has 1 aromatic carbocycles. The third kappa shape index (κ3) is 4.40. The number of hydrogen-bond donors (Lipinski definition) is 0.